The van der Waals surface area contributed by atoms with Crippen LogP contribution in [0.2, 0.25) is 0 Å². The Morgan fingerprint density at radius 2 is 1.83 bits per heavy atom. The summed E-state index contributed by atoms with van der Waals surface area (Å²) in [5, 5.41) is 8.14. The summed E-state index contributed by atoms with van der Waals surface area (Å²) in [6.45, 7) is 0. The van der Waals surface area contributed by atoms with Crippen molar-refractivity contribution < 1.29 is 4.79 Å². The lowest BCUT2D eigenvalue weighted by Gasteiger charge is -2.45. The number of amides is 1. The first-order valence-corrected chi connectivity index (χ1v) is 10.8. The van der Waals surface area contributed by atoms with Gasteiger partial charge in [0.05, 0.1) is 5.52 Å². The Morgan fingerprint density at radius 1 is 1.07 bits per heavy atom. The van der Waals surface area contributed by atoms with Crippen LogP contribution in [0.4, 0.5) is 0 Å². The number of pyridine rings is 1. The third kappa shape index (κ3) is 3.59. The van der Waals surface area contributed by atoms with E-state index >= 15 is 0 Å². The van der Waals surface area contributed by atoms with Crippen LogP contribution in [0.15, 0.2) is 60.8 Å². The molecule has 1 N–H and O–H groups in total. The number of carbonyl (C=O) groups is 1. The van der Waals surface area contributed by atoms with E-state index in [-0.39, 0.29) is 11.4 Å². The number of nitrogens with one attached hydrogen (secondary N) is 1. The fourth-order valence-corrected chi connectivity index (χ4v) is 5.32. The second-order valence-corrected chi connectivity index (χ2v) is 8.62. The van der Waals surface area contributed by atoms with Gasteiger partial charge in [-0.1, -0.05) is 62.1 Å². The molecule has 29 heavy (non-hydrogen) atoms. The van der Waals surface area contributed by atoms with Gasteiger partial charge in [0.25, 0.3) is 0 Å². The molecule has 2 saturated carbocycles. The summed E-state index contributed by atoms with van der Waals surface area (Å²) < 4.78 is 1.88. The van der Waals surface area contributed by atoms with Crippen LogP contribution >= 0.6 is 0 Å². The Bertz CT molecular complexity index is 1040. The minimum atomic E-state index is 0.0156. The molecule has 2 fully saturated rings. The molecule has 0 unspecified atom stereocenters. The Balaban J connectivity index is 1.44. The highest BCUT2D eigenvalue weighted by Gasteiger charge is 2.39. The summed E-state index contributed by atoms with van der Waals surface area (Å²) in [5.41, 5.74) is 3.96. The second kappa shape index (κ2) is 7.51. The molecular formula is C25H27N3O. The molecule has 1 amide bonds. The normalized spacial score (nSPS) is 24.1. The van der Waals surface area contributed by atoms with Gasteiger partial charge in [-0.15, -0.1) is 0 Å². The van der Waals surface area contributed by atoms with Crippen LogP contribution in [0.5, 0.6) is 0 Å². The molecule has 148 valence electrons. The minimum Gasteiger partial charge on any atom is -0.347 e. The fourth-order valence-electron chi connectivity index (χ4n) is 5.32. The van der Waals surface area contributed by atoms with Gasteiger partial charge in [0, 0.05) is 28.9 Å². The molecule has 2 bridgehead atoms. The molecule has 0 radical (unpaired) electrons. The molecule has 4 nitrogen and oxygen atoms in total. The maximum absolute atomic E-state index is 12.9. The van der Waals surface area contributed by atoms with Crippen molar-refractivity contribution in [3.8, 4) is 11.3 Å². The van der Waals surface area contributed by atoms with Crippen molar-refractivity contribution in [2.24, 2.45) is 5.92 Å². The Hall–Kier alpha value is -2.88. The van der Waals surface area contributed by atoms with E-state index in [9.17, 15) is 4.79 Å². The van der Waals surface area contributed by atoms with Gasteiger partial charge in [0.2, 0.25) is 5.91 Å². The highest BCUT2D eigenvalue weighted by atomic mass is 16.1. The maximum atomic E-state index is 12.9. The van der Waals surface area contributed by atoms with Crippen molar-refractivity contribution >= 4 is 17.5 Å². The largest absolute Gasteiger partial charge is 0.347 e. The molecule has 0 aliphatic heterocycles. The van der Waals surface area contributed by atoms with E-state index in [2.05, 4.69) is 17.4 Å². The first-order chi connectivity index (χ1) is 14.2. The van der Waals surface area contributed by atoms with E-state index in [1.165, 1.54) is 25.7 Å². The molecular weight excluding hydrogens is 358 g/mol. The van der Waals surface area contributed by atoms with Gasteiger partial charge in [-0.3, -0.25) is 4.79 Å². The number of carbonyl (C=O) groups excluding carboxylic acids is 1. The summed E-state index contributed by atoms with van der Waals surface area (Å²) in [6.07, 6.45) is 14.1. The van der Waals surface area contributed by atoms with Crippen molar-refractivity contribution in [2.75, 3.05) is 0 Å². The average Bonchev–Trinajstić information content (AvgIpc) is 3.11. The Morgan fingerprint density at radius 3 is 2.62 bits per heavy atom. The zero-order chi connectivity index (χ0) is 19.7. The first-order valence-electron chi connectivity index (χ1n) is 10.8. The van der Waals surface area contributed by atoms with Crippen LogP contribution in [0, 0.1) is 5.92 Å². The molecule has 0 spiro atoms. The monoisotopic (exact) mass is 385 g/mol. The Labute approximate surface area is 171 Å². The van der Waals surface area contributed by atoms with Crippen molar-refractivity contribution in [1.29, 1.82) is 0 Å². The van der Waals surface area contributed by atoms with Gasteiger partial charge in [0.15, 0.2) is 0 Å². The summed E-state index contributed by atoms with van der Waals surface area (Å²) in [7, 11) is 0. The predicted octanol–water partition coefficient (Wildman–Crippen LogP) is 5.24. The van der Waals surface area contributed by atoms with Crippen LogP contribution in [0.1, 0.15) is 50.5 Å². The molecule has 1 aromatic carbocycles. The van der Waals surface area contributed by atoms with E-state index in [0.717, 1.165) is 47.5 Å². The third-order valence-electron chi connectivity index (χ3n) is 6.63. The molecule has 0 atom stereocenters. The third-order valence-corrected chi connectivity index (χ3v) is 6.63. The van der Waals surface area contributed by atoms with Gasteiger partial charge in [0.1, 0.15) is 5.69 Å². The van der Waals surface area contributed by atoms with Gasteiger partial charge < -0.3 is 5.32 Å². The van der Waals surface area contributed by atoms with Crippen LogP contribution in [-0.4, -0.2) is 21.1 Å². The molecule has 2 aliphatic carbocycles. The van der Waals surface area contributed by atoms with E-state index in [1.54, 1.807) is 6.08 Å². The summed E-state index contributed by atoms with van der Waals surface area (Å²) >= 11 is 0. The number of aromatic nitrogens is 2. The zero-order valence-corrected chi connectivity index (χ0v) is 16.7. The van der Waals surface area contributed by atoms with Gasteiger partial charge in [-0.25, -0.2) is 4.52 Å². The van der Waals surface area contributed by atoms with Crippen molar-refractivity contribution in [1.82, 2.24) is 14.9 Å². The summed E-state index contributed by atoms with van der Waals surface area (Å²) in [4.78, 5) is 12.9. The zero-order valence-electron chi connectivity index (χ0n) is 16.7. The highest BCUT2D eigenvalue weighted by molar-refractivity contribution is 5.95. The first kappa shape index (κ1) is 18.2. The lowest BCUT2D eigenvalue weighted by atomic mass is 9.67. The van der Waals surface area contributed by atoms with E-state index in [0.29, 0.717) is 0 Å². The summed E-state index contributed by atoms with van der Waals surface area (Å²) in [6, 6.07) is 16.2. The van der Waals surface area contributed by atoms with Crippen LogP contribution in [0.25, 0.3) is 22.9 Å². The molecule has 2 aliphatic rings. The van der Waals surface area contributed by atoms with E-state index < -0.39 is 0 Å². The smallest absolute Gasteiger partial charge is 0.244 e. The number of nitrogens with zero attached hydrogens (tertiary/aromatic N) is 2. The SMILES string of the molecule is O=C(C=Cc1c(-c2ccccc2)nn2ccccc12)NC12CCCC(CCC1)C2. The number of rotatable bonds is 4. The fraction of sp³-hybridized carbons (Fsp3) is 0.360. The topological polar surface area (TPSA) is 46.4 Å². The average molecular weight is 386 g/mol. The Kier molecular flexibility index (Phi) is 4.70. The highest BCUT2D eigenvalue weighted by Crippen LogP contribution is 2.42. The van der Waals surface area contributed by atoms with Gasteiger partial charge in [-0.2, -0.15) is 5.10 Å². The number of hydrogen-bond acceptors (Lipinski definition) is 2. The number of hydrogen-bond donors (Lipinski definition) is 1. The van der Waals surface area contributed by atoms with Gasteiger partial charge >= 0.3 is 0 Å². The van der Waals surface area contributed by atoms with Crippen LogP contribution in [-0.2, 0) is 4.79 Å². The summed E-state index contributed by atoms with van der Waals surface area (Å²) in [5.74, 6) is 0.813. The number of benzene rings is 1. The standard InChI is InChI=1S/C25H27N3O/c29-23(26-25-15-6-8-19(18-25)9-7-16-25)14-13-21-22-12-4-5-17-28(22)27-24(21)20-10-2-1-3-11-20/h1-5,10-14,17,19H,6-9,15-16,18H2,(H,26,29). The van der Waals surface area contributed by atoms with E-state index in [1.807, 2.05) is 53.2 Å². The molecule has 2 heterocycles. The quantitative estimate of drug-likeness (QED) is 0.624. The lowest BCUT2D eigenvalue weighted by molar-refractivity contribution is -0.119. The molecule has 2 aromatic heterocycles. The second-order valence-electron chi connectivity index (χ2n) is 8.62. The maximum Gasteiger partial charge on any atom is 0.244 e. The molecule has 0 saturated heterocycles. The van der Waals surface area contributed by atoms with E-state index in [4.69, 9.17) is 5.10 Å². The predicted molar refractivity (Wildman–Crippen MR) is 116 cm³/mol. The minimum absolute atomic E-state index is 0.0156. The number of fused-ring (bicyclic) bond motifs is 3. The lowest BCUT2D eigenvalue weighted by Crippen LogP contribution is -2.52. The molecule has 4 heteroatoms. The van der Waals surface area contributed by atoms with Crippen molar-refractivity contribution in [3.05, 3.63) is 66.4 Å². The molecule has 5 rings (SSSR count). The van der Waals surface area contributed by atoms with Gasteiger partial charge in [-0.05, 0) is 43.4 Å². The van der Waals surface area contributed by atoms with Crippen molar-refractivity contribution in [3.63, 3.8) is 0 Å². The van der Waals surface area contributed by atoms with Crippen molar-refractivity contribution in [2.45, 2.75) is 50.5 Å². The molecule has 3 aromatic rings. The van der Waals surface area contributed by atoms with Crippen LogP contribution < -0.4 is 5.32 Å². The van der Waals surface area contributed by atoms with Crippen LogP contribution in [0.3, 0.4) is 0 Å².